The summed E-state index contributed by atoms with van der Waals surface area (Å²) in [7, 11) is -3.51. The summed E-state index contributed by atoms with van der Waals surface area (Å²) in [6, 6.07) is 6.94. The molecule has 9 heteroatoms. The van der Waals surface area contributed by atoms with E-state index < -0.39 is 10.0 Å². The first-order valence-electron chi connectivity index (χ1n) is 9.17. The number of sulfonamides is 1. The predicted molar refractivity (Wildman–Crippen MR) is 108 cm³/mol. The molecule has 1 amide bonds. The molecule has 0 bridgehead atoms. The molecule has 0 aromatic heterocycles. The van der Waals surface area contributed by atoms with Crippen LogP contribution >= 0.6 is 12.4 Å². The van der Waals surface area contributed by atoms with Gasteiger partial charge in [-0.3, -0.25) is 14.5 Å². The Kier molecular flexibility index (Phi) is 7.64. The van der Waals surface area contributed by atoms with Gasteiger partial charge in [0.15, 0.2) is 0 Å². The van der Waals surface area contributed by atoms with Crippen LogP contribution in [0.2, 0.25) is 0 Å². The smallest absolute Gasteiger partial charge is 0.263 e. The average Bonchev–Trinajstić information content (AvgIpc) is 2.90. The molecular formula is C18H27ClN4O3S. The van der Waals surface area contributed by atoms with Crippen molar-refractivity contribution in [1.82, 2.24) is 10.0 Å². The SMILES string of the molecule is Cl.NCC1CCCCC1NC(=O)CCCN=C1NS(=O)(=O)c2ccccc21. The number of nitrogens with zero attached hydrogens (tertiary/aromatic N) is 1. The third kappa shape index (κ3) is 5.21. The Morgan fingerprint density at radius 3 is 2.78 bits per heavy atom. The number of amides is 1. The van der Waals surface area contributed by atoms with E-state index >= 15 is 0 Å². The lowest BCUT2D eigenvalue weighted by molar-refractivity contribution is -0.122. The van der Waals surface area contributed by atoms with Gasteiger partial charge in [-0.15, -0.1) is 12.4 Å². The standard InChI is InChI=1S/C18H26N4O3S.ClH/c19-12-13-6-1-3-8-15(13)21-17(23)10-5-11-20-18-14-7-2-4-9-16(14)26(24,25)22-18;/h2,4,7,9,13,15H,1,3,5-6,8,10-12,19H2,(H,20,22)(H,21,23);1H. The number of carbonyl (C=O) groups excluding carboxylic acids is 1. The van der Waals surface area contributed by atoms with Crippen LogP contribution in [0.4, 0.5) is 0 Å². The van der Waals surface area contributed by atoms with Crippen LogP contribution in [0.3, 0.4) is 0 Å². The zero-order chi connectivity index (χ0) is 18.6. The van der Waals surface area contributed by atoms with E-state index in [9.17, 15) is 13.2 Å². The molecule has 4 N–H and O–H groups in total. The number of benzene rings is 1. The number of hydrogen-bond donors (Lipinski definition) is 3. The van der Waals surface area contributed by atoms with Crippen LogP contribution in [-0.2, 0) is 14.8 Å². The molecule has 1 aromatic rings. The Hall–Kier alpha value is -1.64. The van der Waals surface area contributed by atoms with Crippen LogP contribution in [0.15, 0.2) is 34.2 Å². The van der Waals surface area contributed by atoms with E-state index in [2.05, 4.69) is 15.0 Å². The molecule has 0 saturated heterocycles. The summed E-state index contributed by atoms with van der Waals surface area (Å²) in [6.45, 7) is 1.00. The third-order valence-corrected chi connectivity index (χ3v) is 6.45. The second-order valence-corrected chi connectivity index (χ2v) is 8.54. The van der Waals surface area contributed by atoms with Gasteiger partial charge in [-0.25, -0.2) is 8.42 Å². The highest BCUT2D eigenvalue weighted by Gasteiger charge is 2.30. The molecule has 1 saturated carbocycles. The van der Waals surface area contributed by atoms with Crippen LogP contribution < -0.4 is 15.8 Å². The second-order valence-electron chi connectivity index (χ2n) is 6.89. The Labute approximate surface area is 166 Å². The maximum Gasteiger partial charge on any atom is 0.263 e. The molecule has 1 aliphatic carbocycles. The number of hydrogen-bond acceptors (Lipinski definition) is 5. The van der Waals surface area contributed by atoms with Crippen LogP contribution in [0.25, 0.3) is 0 Å². The van der Waals surface area contributed by atoms with Crippen molar-refractivity contribution >= 4 is 34.2 Å². The number of amidine groups is 1. The summed E-state index contributed by atoms with van der Waals surface area (Å²) in [5.74, 6) is 0.747. The fourth-order valence-electron chi connectivity index (χ4n) is 3.64. The summed E-state index contributed by atoms with van der Waals surface area (Å²) in [5.41, 5.74) is 6.38. The summed E-state index contributed by atoms with van der Waals surface area (Å²) in [5, 5.41) is 3.10. The average molecular weight is 415 g/mol. The van der Waals surface area contributed by atoms with Gasteiger partial charge in [0.2, 0.25) is 5.91 Å². The largest absolute Gasteiger partial charge is 0.353 e. The van der Waals surface area contributed by atoms with Crippen molar-refractivity contribution in [3.8, 4) is 0 Å². The topological polar surface area (TPSA) is 114 Å². The first-order valence-corrected chi connectivity index (χ1v) is 10.7. The van der Waals surface area contributed by atoms with E-state index in [1.165, 1.54) is 6.42 Å². The highest BCUT2D eigenvalue weighted by atomic mass is 35.5. The summed E-state index contributed by atoms with van der Waals surface area (Å²) in [4.78, 5) is 16.7. The first kappa shape index (κ1) is 21.7. The number of aliphatic imine (C=N–C) groups is 1. The number of carbonyl (C=O) groups is 1. The van der Waals surface area contributed by atoms with E-state index in [1.807, 2.05) is 0 Å². The molecule has 1 fully saturated rings. The van der Waals surface area contributed by atoms with Gasteiger partial charge in [0.25, 0.3) is 10.0 Å². The highest BCUT2D eigenvalue weighted by Crippen LogP contribution is 2.24. The molecule has 0 radical (unpaired) electrons. The fourth-order valence-corrected chi connectivity index (χ4v) is 4.89. The molecule has 0 spiro atoms. The maximum atomic E-state index is 12.2. The van der Waals surface area contributed by atoms with Gasteiger partial charge in [-0.05, 0) is 43.9 Å². The van der Waals surface area contributed by atoms with Crippen LogP contribution in [0.5, 0.6) is 0 Å². The predicted octanol–water partition coefficient (Wildman–Crippen LogP) is 1.56. The number of nitrogens with one attached hydrogen (secondary N) is 2. The summed E-state index contributed by atoms with van der Waals surface area (Å²) < 4.78 is 26.5. The van der Waals surface area contributed by atoms with Crippen molar-refractivity contribution in [1.29, 1.82) is 0 Å². The first-order chi connectivity index (χ1) is 12.5. The Balaban J connectivity index is 0.00000261. The molecule has 27 heavy (non-hydrogen) atoms. The van der Waals surface area contributed by atoms with Crippen molar-refractivity contribution < 1.29 is 13.2 Å². The lowest BCUT2D eigenvalue weighted by atomic mass is 9.84. The molecule has 2 aliphatic rings. The van der Waals surface area contributed by atoms with Crippen molar-refractivity contribution in [2.24, 2.45) is 16.6 Å². The van der Waals surface area contributed by atoms with E-state index in [0.717, 1.165) is 19.3 Å². The van der Waals surface area contributed by atoms with E-state index in [0.29, 0.717) is 43.2 Å². The lowest BCUT2D eigenvalue weighted by Crippen LogP contribution is -2.44. The molecule has 150 valence electrons. The molecule has 1 aliphatic heterocycles. The summed E-state index contributed by atoms with van der Waals surface area (Å²) in [6.07, 6.45) is 5.33. The molecule has 7 nitrogen and oxygen atoms in total. The maximum absolute atomic E-state index is 12.2. The molecule has 2 atom stereocenters. The second kappa shape index (κ2) is 9.52. The highest BCUT2D eigenvalue weighted by molar-refractivity contribution is 7.90. The van der Waals surface area contributed by atoms with Gasteiger partial charge in [0.1, 0.15) is 5.84 Å². The van der Waals surface area contributed by atoms with E-state index in [-0.39, 0.29) is 29.3 Å². The number of halogens is 1. The number of nitrogens with two attached hydrogens (primary N) is 1. The zero-order valence-corrected chi connectivity index (χ0v) is 16.8. The molecule has 3 rings (SSSR count). The van der Waals surface area contributed by atoms with Crippen molar-refractivity contribution in [3.05, 3.63) is 29.8 Å². The van der Waals surface area contributed by atoms with Gasteiger partial charge in [0.05, 0.1) is 4.90 Å². The van der Waals surface area contributed by atoms with Gasteiger partial charge in [0, 0.05) is 24.6 Å². The monoisotopic (exact) mass is 414 g/mol. The fraction of sp³-hybridized carbons (Fsp3) is 0.556. The van der Waals surface area contributed by atoms with Crippen LogP contribution in [-0.4, -0.2) is 39.3 Å². The van der Waals surface area contributed by atoms with Gasteiger partial charge < -0.3 is 11.1 Å². The minimum absolute atomic E-state index is 0. The molecule has 1 heterocycles. The van der Waals surface area contributed by atoms with E-state index in [1.54, 1.807) is 24.3 Å². The Morgan fingerprint density at radius 1 is 1.26 bits per heavy atom. The Morgan fingerprint density at radius 2 is 2.00 bits per heavy atom. The normalized spacial score (nSPS) is 24.6. The minimum Gasteiger partial charge on any atom is -0.353 e. The zero-order valence-electron chi connectivity index (χ0n) is 15.2. The van der Waals surface area contributed by atoms with Crippen LogP contribution in [0, 0.1) is 5.92 Å². The summed E-state index contributed by atoms with van der Waals surface area (Å²) >= 11 is 0. The van der Waals surface area contributed by atoms with Crippen molar-refractivity contribution in [2.45, 2.75) is 49.5 Å². The number of rotatable bonds is 6. The third-order valence-electron chi connectivity index (χ3n) is 5.05. The molecular weight excluding hydrogens is 388 g/mol. The Bertz CT molecular complexity index is 798. The quantitative estimate of drug-likeness (QED) is 0.613. The van der Waals surface area contributed by atoms with Crippen molar-refractivity contribution in [3.63, 3.8) is 0 Å². The molecule has 2 unspecified atom stereocenters. The van der Waals surface area contributed by atoms with Gasteiger partial charge in [-0.2, -0.15) is 0 Å². The molecule has 1 aromatic carbocycles. The van der Waals surface area contributed by atoms with Crippen LogP contribution in [0.1, 0.15) is 44.1 Å². The minimum atomic E-state index is -3.51. The van der Waals surface area contributed by atoms with Gasteiger partial charge in [-0.1, -0.05) is 25.0 Å². The van der Waals surface area contributed by atoms with E-state index in [4.69, 9.17) is 5.73 Å². The van der Waals surface area contributed by atoms with Crippen molar-refractivity contribution in [2.75, 3.05) is 13.1 Å². The van der Waals surface area contributed by atoms with Gasteiger partial charge >= 0.3 is 0 Å². The number of fused-ring (bicyclic) bond motifs is 1. The lowest BCUT2D eigenvalue weighted by Gasteiger charge is -2.31.